The molecule has 1 amide bonds. The Morgan fingerprint density at radius 1 is 1.31 bits per heavy atom. The quantitative estimate of drug-likeness (QED) is 0.333. The van der Waals surface area contributed by atoms with Crippen LogP contribution in [-0.2, 0) is 4.79 Å². The van der Waals surface area contributed by atoms with Gasteiger partial charge in [-0.05, 0) is 55.3 Å². The van der Waals surface area contributed by atoms with Gasteiger partial charge in [0.1, 0.15) is 18.2 Å². The van der Waals surface area contributed by atoms with E-state index in [4.69, 9.17) is 27.5 Å². The monoisotopic (exact) mass is 472 g/mol. The maximum absolute atomic E-state index is 12.5. The number of carbonyl (C=O) groups is 1. The summed E-state index contributed by atoms with van der Waals surface area (Å²) in [6.07, 6.45) is 6.70. The number of amides is 1. The lowest BCUT2D eigenvalue weighted by atomic mass is 10.1. The Morgan fingerprint density at radius 3 is 2.66 bits per heavy atom. The predicted octanol–water partition coefficient (Wildman–Crippen LogP) is 5.37. The lowest BCUT2D eigenvalue weighted by Gasteiger charge is -2.13. The summed E-state index contributed by atoms with van der Waals surface area (Å²) in [4.78, 5) is 12.5. The molecule has 0 spiro atoms. The average molecular weight is 474 g/mol. The molecule has 0 aliphatic heterocycles. The standard InChI is InChI=1S/C22H18BrClN2O3/c1-4-8-29-21-12-18(23)15(10-20(21)28-5-2)9-16(13-25)22(27)26-17-7-6-14(3)19(24)11-17/h1,6-7,9-12H,5,8H2,2-3H3,(H,26,27)/b16-9-. The van der Waals surface area contributed by atoms with Gasteiger partial charge in [0.15, 0.2) is 11.5 Å². The molecule has 2 aromatic carbocycles. The third kappa shape index (κ3) is 6.02. The van der Waals surface area contributed by atoms with Gasteiger partial charge in [0, 0.05) is 15.2 Å². The van der Waals surface area contributed by atoms with E-state index in [9.17, 15) is 10.1 Å². The van der Waals surface area contributed by atoms with E-state index in [1.165, 1.54) is 6.08 Å². The Bertz CT molecular complexity index is 1040. The van der Waals surface area contributed by atoms with Crippen LogP contribution >= 0.6 is 27.5 Å². The summed E-state index contributed by atoms with van der Waals surface area (Å²) in [6, 6.07) is 10.4. The number of rotatable bonds is 7. The Hall–Kier alpha value is -2.93. The molecule has 0 aromatic heterocycles. The molecule has 0 saturated carbocycles. The van der Waals surface area contributed by atoms with Crippen molar-refractivity contribution < 1.29 is 14.3 Å². The molecule has 0 aliphatic carbocycles. The van der Waals surface area contributed by atoms with Crippen molar-refractivity contribution in [2.45, 2.75) is 13.8 Å². The largest absolute Gasteiger partial charge is 0.490 e. The van der Waals surface area contributed by atoms with Gasteiger partial charge < -0.3 is 14.8 Å². The van der Waals surface area contributed by atoms with Crippen molar-refractivity contribution in [1.29, 1.82) is 5.26 Å². The van der Waals surface area contributed by atoms with Crippen molar-refractivity contribution in [3.63, 3.8) is 0 Å². The average Bonchev–Trinajstić information content (AvgIpc) is 2.69. The molecule has 29 heavy (non-hydrogen) atoms. The van der Waals surface area contributed by atoms with Crippen LogP contribution in [0.15, 0.2) is 40.4 Å². The molecule has 0 heterocycles. The van der Waals surface area contributed by atoms with E-state index in [0.717, 1.165) is 5.56 Å². The second-order valence-corrected chi connectivity index (χ2v) is 7.10. The molecular weight excluding hydrogens is 456 g/mol. The maximum Gasteiger partial charge on any atom is 0.266 e. The molecule has 7 heteroatoms. The number of hydrogen-bond acceptors (Lipinski definition) is 4. The first-order chi connectivity index (χ1) is 13.9. The minimum absolute atomic E-state index is 0.0814. The number of nitriles is 1. The zero-order valence-corrected chi connectivity index (χ0v) is 18.2. The molecular formula is C22H18BrClN2O3. The minimum Gasteiger partial charge on any atom is -0.490 e. The number of terminal acetylenes is 1. The van der Waals surface area contributed by atoms with Crippen LogP contribution in [0.2, 0.25) is 5.02 Å². The molecule has 0 aliphatic rings. The van der Waals surface area contributed by atoms with Crippen molar-refractivity contribution in [3.05, 3.63) is 56.5 Å². The predicted molar refractivity (Wildman–Crippen MR) is 118 cm³/mol. The number of nitrogens with one attached hydrogen (secondary N) is 1. The van der Waals surface area contributed by atoms with Crippen LogP contribution < -0.4 is 14.8 Å². The molecule has 0 fully saturated rings. The van der Waals surface area contributed by atoms with E-state index in [2.05, 4.69) is 27.2 Å². The van der Waals surface area contributed by atoms with E-state index < -0.39 is 5.91 Å². The number of ether oxygens (including phenoxy) is 2. The fourth-order valence-electron chi connectivity index (χ4n) is 2.34. The van der Waals surface area contributed by atoms with Crippen molar-refractivity contribution in [1.82, 2.24) is 0 Å². The van der Waals surface area contributed by atoms with E-state index in [-0.39, 0.29) is 12.2 Å². The second-order valence-electron chi connectivity index (χ2n) is 5.83. The normalized spacial score (nSPS) is 10.6. The van der Waals surface area contributed by atoms with Crippen molar-refractivity contribution in [2.24, 2.45) is 0 Å². The van der Waals surface area contributed by atoms with E-state index >= 15 is 0 Å². The molecule has 0 saturated heterocycles. The van der Waals surface area contributed by atoms with Crippen molar-refractivity contribution >= 4 is 45.2 Å². The van der Waals surface area contributed by atoms with Gasteiger partial charge in [-0.15, -0.1) is 6.42 Å². The molecule has 2 aromatic rings. The zero-order chi connectivity index (χ0) is 21.4. The van der Waals surface area contributed by atoms with Crippen LogP contribution in [0.3, 0.4) is 0 Å². The van der Waals surface area contributed by atoms with E-state index in [1.54, 1.807) is 30.3 Å². The molecule has 2 rings (SSSR count). The van der Waals surface area contributed by atoms with Crippen molar-refractivity contribution in [2.75, 3.05) is 18.5 Å². The second kappa shape index (κ2) is 10.6. The van der Waals surface area contributed by atoms with Crippen LogP contribution in [0.1, 0.15) is 18.1 Å². The molecule has 0 atom stereocenters. The summed E-state index contributed by atoms with van der Waals surface area (Å²) < 4.78 is 11.7. The Balaban J connectivity index is 2.34. The summed E-state index contributed by atoms with van der Waals surface area (Å²) in [5.41, 5.74) is 1.89. The third-order valence-electron chi connectivity index (χ3n) is 3.77. The van der Waals surface area contributed by atoms with Crippen LogP contribution in [-0.4, -0.2) is 19.1 Å². The minimum atomic E-state index is -0.551. The number of nitrogens with zero attached hydrogens (tertiary/aromatic N) is 1. The summed E-state index contributed by atoms with van der Waals surface area (Å²) in [5, 5.41) is 12.7. The Labute approximate surface area is 183 Å². The van der Waals surface area contributed by atoms with Gasteiger partial charge in [-0.25, -0.2) is 0 Å². The van der Waals surface area contributed by atoms with Crippen LogP contribution in [0.4, 0.5) is 5.69 Å². The van der Waals surface area contributed by atoms with Crippen LogP contribution in [0, 0.1) is 30.6 Å². The van der Waals surface area contributed by atoms with Gasteiger partial charge in [0.05, 0.1) is 6.61 Å². The first kappa shape index (κ1) is 22.4. The smallest absolute Gasteiger partial charge is 0.266 e. The number of carbonyl (C=O) groups excluding carboxylic acids is 1. The number of aryl methyl sites for hydroxylation is 1. The highest BCUT2D eigenvalue weighted by molar-refractivity contribution is 9.10. The van der Waals surface area contributed by atoms with Gasteiger partial charge in [0.25, 0.3) is 5.91 Å². The molecule has 0 radical (unpaired) electrons. The number of halogens is 2. The van der Waals surface area contributed by atoms with Gasteiger partial charge >= 0.3 is 0 Å². The SMILES string of the molecule is C#CCOc1cc(Br)c(/C=C(/C#N)C(=O)Nc2ccc(C)c(Cl)c2)cc1OCC. The van der Waals surface area contributed by atoms with Crippen LogP contribution in [0.5, 0.6) is 11.5 Å². The van der Waals surface area contributed by atoms with Crippen molar-refractivity contribution in [3.8, 4) is 29.9 Å². The highest BCUT2D eigenvalue weighted by atomic mass is 79.9. The van der Waals surface area contributed by atoms with Crippen LogP contribution in [0.25, 0.3) is 6.08 Å². The summed E-state index contributed by atoms with van der Waals surface area (Å²) in [5.74, 6) is 2.77. The molecule has 0 bridgehead atoms. The topological polar surface area (TPSA) is 71.3 Å². The summed E-state index contributed by atoms with van der Waals surface area (Å²) >= 11 is 9.51. The van der Waals surface area contributed by atoms with Gasteiger partial charge in [-0.3, -0.25) is 4.79 Å². The van der Waals surface area contributed by atoms with E-state index in [1.807, 2.05) is 19.9 Å². The highest BCUT2D eigenvalue weighted by Crippen LogP contribution is 2.35. The molecule has 5 nitrogen and oxygen atoms in total. The summed E-state index contributed by atoms with van der Waals surface area (Å²) in [6.45, 7) is 4.20. The lowest BCUT2D eigenvalue weighted by molar-refractivity contribution is -0.112. The highest BCUT2D eigenvalue weighted by Gasteiger charge is 2.14. The Morgan fingerprint density at radius 2 is 2.03 bits per heavy atom. The summed E-state index contributed by atoms with van der Waals surface area (Å²) in [7, 11) is 0. The fourth-order valence-corrected chi connectivity index (χ4v) is 2.95. The first-order valence-electron chi connectivity index (χ1n) is 8.61. The maximum atomic E-state index is 12.5. The zero-order valence-electron chi connectivity index (χ0n) is 15.9. The van der Waals surface area contributed by atoms with Gasteiger partial charge in [-0.1, -0.05) is 39.5 Å². The lowest BCUT2D eigenvalue weighted by Crippen LogP contribution is -2.13. The number of benzene rings is 2. The first-order valence-corrected chi connectivity index (χ1v) is 9.78. The molecule has 1 N–H and O–H groups in total. The number of hydrogen-bond donors (Lipinski definition) is 1. The van der Waals surface area contributed by atoms with Gasteiger partial charge in [-0.2, -0.15) is 5.26 Å². The van der Waals surface area contributed by atoms with E-state index in [0.29, 0.717) is 38.9 Å². The fraction of sp³-hybridized carbons (Fsp3) is 0.182. The van der Waals surface area contributed by atoms with Gasteiger partial charge in [0.2, 0.25) is 0 Å². The number of anilines is 1. The molecule has 0 unspecified atom stereocenters. The third-order valence-corrected chi connectivity index (χ3v) is 4.86. The Kier molecular flexibility index (Phi) is 8.15. The molecule has 148 valence electrons.